The molecule has 0 unspecified atom stereocenters. The molecular formula is C32H38ClFN4O2. The second-order valence-electron chi connectivity index (χ2n) is 10.7. The molecule has 5 rings (SSSR count). The van der Waals surface area contributed by atoms with Crippen LogP contribution in [0, 0.1) is 11.7 Å². The summed E-state index contributed by atoms with van der Waals surface area (Å²) in [6, 6.07) is 23.0. The lowest BCUT2D eigenvalue weighted by molar-refractivity contribution is -0.116. The summed E-state index contributed by atoms with van der Waals surface area (Å²) in [7, 11) is 1.61. The number of halogens is 2. The zero-order chi connectivity index (χ0) is 27.9. The van der Waals surface area contributed by atoms with E-state index in [1.165, 1.54) is 11.6 Å². The Balaban J connectivity index is 1.23. The number of ether oxygens (including phenoxy) is 1. The van der Waals surface area contributed by atoms with Crippen LogP contribution in [0.5, 0.6) is 5.75 Å². The van der Waals surface area contributed by atoms with Gasteiger partial charge in [-0.05, 0) is 67.3 Å². The number of anilines is 2. The summed E-state index contributed by atoms with van der Waals surface area (Å²) in [5.41, 5.74) is 2.63. The van der Waals surface area contributed by atoms with Crippen LogP contribution < -0.4 is 15.0 Å². The van der Waals surface area contributed by atoms with Gasteiger partial charge in [-0.15, -0.1) is 0 Å². The largest absolute Gasteiger partial charge is 0.495 e. The Labute approximate surface area is 241 Å². The molecule has 0 radical (unpaired) electrons. The van der Waals surface area contributed by atoms with Crippen LogP contribution in [0.15, 0.2) is 72.8 Å². The minimum atomic E-state index is -0.162. The van der Waals surface area contributed by atoms with Gasteiger partial charge in [0.2, 0.25) is 5.91 Å². The van der Waals surface area contributed by atoms with E-state index in [0.29, 0.717) is 35.5 Å². The van der Waals surface area contributed by atoms with Gasteiger partial charge in [0.05, 0.1) is 18.5 Å². The number of likely N-dealkylation sites (tertiary alicyclic amines) is 1. The van der Waals surface area contributed by atoms with Crippen molar-refractivity contribution in [2.24, 2.45) is 5.92 Å². The zero-order valence-corrected chi connectivity index (χ0v) is 23.8. The lowest BCUT2D eigenvalue weighted by Gasteiger charge is -2.47. The van der Waals surface area contributed by atoms with Crippen molar-refractivity contribution in [1.29, 1.82) is 0 Å². The Morgan fingerprint density at radius 1 is 0.975 bits per heavy atom. The van der Waals surface area contributed by atoms with Crippen molar-refractivity contribution in [2.75, 3.05) is 56.6 Å². The van der Waals surface area contributed by atoms with Crippen LogP contribution in [-0.2, 0) is 11.3 Å². The summed E-state index contributed by atoms with van der Waals surface area (Å²) in [6.07, 6.45) is 2.30. The van der Waals surface area contributed by atoms with Gasteiger partial charge in [-0.3, -0.25) is 14.6 Å². The van der Waals surface area contributed by atoms with Crippen LogP contribution in [0.2, 0.25) is 5.02 Å². The number of rotatable bonds is 9. The summed E-state index contributed by atoms with van der Waals surface area (Å²) in [5, 5.41) is 3.78. The van der Waals surface area contributed by atoms with Gasteiger partial charge in [-0.2, -0.15) is 0 Å². The van der Waals surface area contributed by atoms with E-state index in [2.05, 4.69) is 32.1 Å². The first kappa shape index (κ1) is 28.4. The van der Waals surface area contributed by atoms with Gasteiger partial charge in [0.1, 0.15) is 11.6 Å². The number of benzene rings is 3. The summed E-state index contributed by atoms with van der Waals surface area (Å²) < 4.78 is 19.8. The molecule has 6 nitrogen and oxygen atoms in total. The highest BCUT2D eigenvalue weighted by Crippen LogP contribution is 2.30. The van der Waals surface area contributed by atoms with Crippen molar-refractivity contribution >= 4 is 28.9 Å². The summed E-state index contributed by atoms with van der Waals surface area (Å²) in [6.45, 7) is 6.18. The van der Waals surface area contributed by atoms with Crippen molar-refractivity contribution in [3.8, 4) is 5.75 Å². The molecule has 2 saturated heterocycles. The van der Waals surface area contributed by atoms with Gasteiger partial charge in [0, 0.05) is 56.8 Å². The SMILES string of the molecule is COc1ccccc1NC(=O)CC[C@@H]1CN(Cc2ccc(Cl)cc2)CC[C@@H]1N1CCN(c2ccccc2F)CC1. The highest BCUT2D eigenvalue weighted by molar-refractivity contribution is 6.30. The summed E-state index contributed by atoms with van der Waals surface area (Å²) >= 11 is 6.10. The summed E-state index contributed by atoms with van der Waals surface area (Å²) in [5.74, 6) is 0.852. The predicted octanol–water partition coefficient (Wildman–Crippen LogP) is 5.92. The van der Waals surface area contributed by atoms with Gasteiger partial charge >= 0.3 is 0 Å². The maximum absolute atomic E-state index is 14.4. The molecule has 2 heterocycles. The van der Waals surface area contributed by atoms with Crippen molar-refractivity contribution in [3.63, 3.8) is 0 Å². The Kier molecular flexibility index (Phi) is 9.57. The van der Waals surface area contributed by atoms with E-state index in [-0.39, 0.29) is 11.7 Å². The van der Waals surface area contributed by atoms with E-state index in [0.717, 1.165) is 63.7 Å². The lowest BCUT2D eigenvalue weighted by Crippen LogP contribution is -2.56. The fourth-order valence-electron chi connectivity index (χ4n) is 6.13. The van der Waals surface area contributed by atoms with Crippen LogP contribution in [0.1, 0.15) is 24.8 Å². The lowest BCUT2D eigenvalue weighted by atomic mass is 9.86. The highest BCUT2D eigenvalue weighted by atomic mass is 35.5. The number of nitrogens with one attached hydrogen (secondary N) is 1. The second-order valence-corrected chi connectivity index (χ2v) is 11.2. The van der Waals surface area contributed by atoms with Gasteiger partial charge in [-0.25, -0.2) is 4.39 Å². The Bertz CT molecular complexity index is 1270. The molecular weight excluding hydrogens is 527 g/mol. The number of carbonyl (C=O) groups excluding carboxylic acids is 1. The average molecular weight is 565 g/mol. The second kappa shape index (κ2) is 13.5. The number of piperidine rings is 1. The van der Waals surface area contributed by atoms with Crippen LogP contribution in [0.4, 0.5) is 15.8 Å². The fourth-order valence-corrected chi connectivity index (χ4v) is 6.26. The number of carbonyl (C=O) groups is 1. The molecule has 2 atom stereocenters. The normalized spacial score (nSPS) is 20.3. The minimum absolute atomic E-state index is 0.00227. The first-order chi connectivity index (χ1) is 19.5. The molecule has 0 spiro atoms. The number of hydrogen-bond acceptors (Lipinski definition) is 5. The van der Waals surface area contributed by atoms with E-state index >= 15 is 0 Å². The number of para-hydroxylation sites is 3. The molecule has 2 aliphatic heterocycles. The molecule has 8 heteroatoms. The third-order valence-electron chi connectivity index (χ3n) is 8.20. The van der Waals surface area contributed by atoms with E-state index in [1.807, 2.05) is 48.5 Å². The molecule has 2 aliphatic rings. The van der Waals surface area contributed by atoms with Crippen LogP contribution >= 0.6 is 11.6 Å². The maximum atomic E-state index is 14.4. The van der Waals surface area contributed by atoms with Crippen LogP contribution in [0.3, 0.4) is 0 Å². The molecule has 0 aliphatic carbocycles. The molecule has 0 saturated carbocycles. The highest BCUT2D eigenvalue weighted by Gasteiger charge is 2.35. The Morgan fingerprint density at radius 2 is 1.70 bits per heavy atom. The standard InChI is InChI=1S/C32H38ClFN4O2/c1-40-31-9-5-3-7-28(31)35-32(39)15-12-25-23-36(22-24-10-13-26(33)14-11-24)17-16-29(25)37-18-20-38(21-19-37)30-8-4-2-6-27(30)34/h2-11,13-14,25,29H,12,15-23H2,1H3,(H,35,39)/t25-,29+/m1/s1. The van der Waals surface area contributed by atoms with Gasteiger partial charge in [-0.1, -0.05) is 48.0 Å². The molecule has 0 aromatic heterocycles. The zero-order valence-electron chi connectivity index (χ0n) is 23.1. The third kappa shape index (κ3) is 7.14. The van der Waals surface area contributed by atoms with E-state index < -0.39 is 0 Å². The number of methoxy groups -OCH3 is 1. The maximum Gasteiger partial charge on any atom is 0.224 e. The molecule has 212 valence electrons. The predicted molar refractivity (Wildman–Crippen MR) is 160 cm³/mol. The van der Waals surface area contributed by atoms with Gasteiger partial charge in [0.25, 0.3) is 0 Å². The van der Waals surface area contributed by atoms with Gasteiger partial charge < -0.3 is 15.0 Å². The van der Waals surface area contributed by atoms with Crippen LogP contribution in [0.25, 0.3) is 0 Å². The quantitative estimate of drug-likeness (QED) is 0.350. The van der Waals surface area contributed by atoms with Crippen molar-refractivity contribution in [1.82, 2.24) is 9.80 Å². The fraction of sp³-hybridized carbons (Fsp3) is 0.406. The molecule has 40 heavy (non-hydrogen) atoms. The van der Waals surface area contributed by atoms with E-state index in [1.54, 1.807) is 13.2 Å². The van der Waals surface area contributed by atoms with E-state index in [9.17, 15) is 9.18 Å². The first-order valence-corrected chi connectivity index (χ1v) is 14.5. The number of amides is 1. The number of hydrogen-bond donors (Lipinski definition) is 1. The van der Waals surface area contributed by atoms with Crippen LogP contribution in [-0.4, -0.2) is 68.1 Å². The third-order valence-corrected chi connectivity index (χ3v) is 8.45. The number of piperazine rings is 1. The molecule has 3 aromatic carbocycles. The average Bonchev–Trinajstić information content (AvgIpc) is 2.98. The topological polar surface area (TPSA) is 48.1 Å². The molecule has 1 N–H and O–H groups in total. The molecule has 0 bridgehead atoms. The first-order valence-electron chi connectivity index (χ1n) is 14.1. The number of nitrogens with zero attached hydrogens (tertiary/aromatic N) is 3. The van der Waals surface area contributed by atoms with E-state index in [4.69, 9.17) is 16.3 Å². The van der Waals surface area contributed by atoms with Crippen molar-refractivity contribution in [3.05, 3.63) is 89.2 Å². The Morgan fingerprint density at radius 3 is 2.45 bits per heavy atom. The minimum Gasteiger partial charge on any atom is -0.495 e. The molecule has 3 aromatic rings. The molecule has 2 fully saturated rings. The Hall–Kier alpha value is -3.13. The monoisotopic (exact) mass is 564 g/mol. The van der Waals surface area contributed by atoms with Crippen molar-refractivity contribution in [2.45, 2.75) is 31.8 Å². The summed E-state index contributed by atoms with van der Waals surface area (Å²) in [4.78, 5) is 20.2. The van der Waals surface area contributed by atoms with Crippen molar-refractivity contribution < 1.29 is 13.9 Å². The molecule has 1 amide bonds. The smallest absolute Gasteiger partial charge is 0.224 e. The van der Waals surface area contributed by atoms with Gasteiger partial charge in [0.15, 0.2) is 0 Å².